The summed E-state index contributed by atoms with van der Waals surface area (Å²) in [5.41, 5.74) is -2.86. The molecule has 0 bridgehead atoms. The summed E-state index contributed by atoms with van der Waals surface area (Å²) in [5.74, 6) is 0.125. The molecule has 3 rings (SSSR count). The second kappa shape index (κ2) is 10.3. The molecule has 0 amide bonds. The number of rotatable bonds is 7. The van der Waals surface area contributed by atoms with E-state index in [4.69, 9.17) is 67.5 Å². The Hall–Kier alpha value is -1.72. The number of carbonyl (C=O) groups excluding carboxylic acids is 2. The van der Waals surface area contributed by atoms with Gasteiger partial charge in [-0.15, -0.1) is 0 Å². The average molecular weight is 567 g/mol. The molecule has 0 aliphatic carbocycles. The summed E-state index contributed by atoms with van der Waals surface area (Å²) in [7, 11) is -2.00. The summed E-state index contributed by atoms with van der Waals surface area (Å²) in [6, 6.07) is 12.0. The van der Waals surface area contributed by atoms with Gasteiger partial charge in [0, 0.05) is 5.30 Å². The normalized spacial score (nSPS) is 12.7. The van der Waals surface area contributed by atoms with Gasteiger partial charge in [-0.1, -0.05) is 94.4 Å². The van der Waals surface area contributed by atoms with E-state index >= 15 is 0 Å². The third kappa shape index (κ3) is 4.39. The topological polar surface area (TPSA) is 69.7 Å². The first-order valence-corrected chi connectivity index (χ1v) is 12.7. The van der Waals surface area contributed by atoms with Crippen LogP contribution < -0.4 is 14.8 Å². The molecule has 0 aliphatic rings. The fraction of sp³-hybridized carbons (Fsp3) is 0.0909. The van der Waals surface area contributed by atoms with Gasteiger partial charge in [-0.25, -0.2) is 0 Å². The van der Waals surface area contributed by atoms with Gasteiger partial charge in [-0.3, -0.25) is 9.59 Å². The van der Waals surface area contributed by atoms with E-state index in [0.29, 0.717) is 0 Å². The molecule has 3 aromatic carbocycles. The van der Waals surface area contributed by atoms with E-state index in [1.165, 1.54) is 50.6 Å². The molecule has 11 heteroatoms. The smallest absolute Gasteiger partial charge is 0.249 e. The molecule has 0 radical (unpaired) electrons. The van der Waals surface area contributed by atoms with Crippen molar-refractivity contribution in [1.29, 1.82) is 0 Å². The van der Waals surface area contributed by atoms with Gasteiger partial charge >= 0.3 is 0 Å². The lowest BCUT2D eigenvalue weighted by molar-refractivity contribution is 0.103. The molecule has 5 nitrogen and oxygen atoms in total. The Labute approximate surface area is 214 Å². The lowest BCUT2D eigenvalue weighted by atomic mass is 10.2. The number of hydrogen-bond acceptors (Lipinski definition) is 5. The zero-order valence-corrected chi connectivity index (χ0v) is 21.7. The first kappa shape index (κ1) is 25.9. The predicted octanol–water partition coefficient (Wildman–Crippen LogP) is 7.64. The lowest BCUT2D eigenvalue weighted by Crippen LogP contribution is -2.22. The molecule has 172 valence electrons. The van der Waals surface area contributed by atoms with Crippen LogP contribution in [0.25, 0.3) is 0 Å². The molecule has 33 heavy (non-hydrogen) atoms. The minimum atomic E-state index is -4.65. The van der Waals surface area contributed by atoms with E-state index in [2.05, 4.69) is 0 Å². The van der Waals surface area contributed by atoms with Crippen molar-refractivity contribution in [3.05, 3.63) is 84.8 Å². The summed E-state index contributed by atoms with van der Waals surface area (Å²) in [5, 5.41) is -1.52. The third-order valence-electron chi connectivity index (χ3n) is 4.76. The maximum absolute atomic E-state index is 14.5. The Kier molecular flexibility index (Phi) is 8.06. The second-order valence-corrected chi connectivity index (χ2v) is 11.0. The van der Waals surface area contributed by atoms with Gasteiger partial charge in [-0.05, 0) is 12.1 Å². The maximum Gasteiger partial charge on any atom is 0.249 e. The van der Waals surface area contributed by atoms with Gasteiger partial charge in [0.15, 0.2) is 0 Å². The zero-order chi connectivity index (χ0) is 24.5. The van der Waals surface area contributed by atoms with Crippen LogP contribution in [0.3, 0.4) is 0 Å². The summed E-state index contributed by atoms with van der Waals surface area (Å²) in [6.45, 7) is 0. The summed E-state index contributed by atoms with van der Waals surface area (Å²) >= 11 is 30.8. The van der Waals surface area contributed by atoms with Gasteiger partial charge in [-0.2, -0.15) is 0 Å². The number of methoxy groups -OCH3 is 2. The van der Waals surface area contributed by atoms with Gasteiger partial charge in [0.2, 0.25) is 18.2 Å². The van der Waals surface area contributed by atoms with Gasteiger partial charge in [0.25, 0.3) is 0 Å². The van der Waals surface area contributed by atoms with Crippen LogP contribution >= 0.6 is 65.1 Å². The number of halogens is 5. The first-order chi connectivity index (χ1) is 15.6. The molecule has 0 aliphatic heterocycles. The maximum atomic E-state index is 14.5. The molecular weight excluding hydrogens is 552 g/mol. The van der Waals surface area contributed by atoms with E-state index in [-0.39, 0.29) is 47.5 Å². The number of hydrogen-bond donors (Lipinski definition) is 0. The highest BCUT2D eigenvalue weighted by Crippen LogP contribution is 2.57. The molecule has 0 saturated carbocycles. The van der Waals surface area contributed by atoms with Crippen molar-refractivity contribution in [3.63, 3.8) is 0 Å². The number of carbonyl (C=O) groups is 2. The number of benzene rings is 3. The summed E-state index contributed by atoms with van der Waals surface area (Å²) in [6.07, 6.45) is 0. The van der Waals surface area contributed by atoms with E-state index in [9.17, 15) is 14.2 Å². The molecule has 0 saturated heterocycles. The standard InChI is InChI=1S/C22H14Cl5O5P/c1-31-12-9-6-10-13(32-2)14(12)21(28)33(30,11-7-4-3-5-8-11)22(29)15-16(23)18(25)20(27)19(26)17(15)24/h3-10H,1-2H3. The van der Waals surface area contributed by atoms with Gasteiger partial charge in [0.1, 0.15) is 17.1 Å². The highest BCUT2D eigenvalue weighted by atomic mass is 35.5. The van der Waals surface area contributed by atoms with Crippen LogP contribution in [0.15, 0.2) is 48.5 Å². The predicted molar refractivity (Wildman–Crippen MR) is 133 cm³/mol. The Balaban J connectivity index is 2.39. The van der Waals surface area contributed by atoms with Gasteiger partial charge in [0.05, 0.1) is 44.9 Å². The zero-order valence-electron chi connectivity index (χ0n) is 17.0. The highest BCUT2D eigenvalue weighted by molar-refractivity contribution is 8.01. The van der Waals surface area contributed by atoms with Gasteiger partial charge < -0.3 is 14.0 Å². The monoisotopic (exact) mass is 564 g/mol. The summed E-state index contributed by atoms with van der Waals surface area (Å²) in [4.78, 5) is 27.7. The average Bonchev–Trinajstić information content (AvgIpc) is 2.85. The van der Waals surface area contributed by atoms with Crippen LogP contribution in [-0.2, 0) is 4.57 Å². The molecule has 0 N–H and O–H groups in total. The Bertz CT molecular complexity index is 1260. The van der Waals surface area contributed by atoms with Crippen molar-refractivity contribution >= 4 is 81.5 Å². The van der Waals surface area contributed by atoms with Crippen molar-refractivity contribution in [2.45, 2.75) is 0 Å². The highest BCUT2D eigenvalue weighted by Gasteiger charge is 2.47. The Morgan fingerprint density at radius 2 is 1.06 bits per heavy atom. The van der Waals surface area contributed by atoms with Crippen LogP contribution in [0.4, 0.5) is 0 Å². The quantitative estimate of drug-likeness (QED) is 0.167. The molecule has 3 aromatic rings. The first-order valence-electron chi connectivity index (χ1n) is 9.09. The van der Waals surface area contributed by atoms with E-state index in [1.54, 1.807) is 12.1 Å². The van der Waals surface area contributed by atoms with Crippen molar-refractivity contribution < 1.29 is 23.6 Å². The van der Waals surface area contributed by atoms with E-state index in [0.717, 1.165) is 0 Å². The molecule has 0 aromatic heterocycles. The molecule has 1 unspecified atom stereocenters. The third-order valence-corrected chi connectivity index (χ3v) is 9.65. The lowest BCUT2D eigenvalue weighted by Gasteiger charge is -2.21. The molecule has 0 spiro atoms. The van der Waals surface area contributed by atoms with Crippen LogP contribution in [0.1, 0.15) is 20.7 Å². The molecular formula is C22H14Cl5O5P. The number of ether oxygens (including phenoxy) is 2. The minimum Gasteiger partial charge on any atom is -0.496 e. The second-order valence-electron chi connectivity index (χ2n) is 6.54. The summed E-state index contributed by atoms with van der Waals surface area (Å²) < 4.78 is 25.1. The SMILES string of the molecule is COc1cccc(OC)c1C(=O)P(=O)(C(=O)c1c(Cl)c(Cl)c(Cl)c(Cl)c1Cl)c1ccccc1. The molecule has 0 heterocycles. The van der Waals surface area contributed by atoms with Crippen molar-refractivity contribution in [3.8, 4) is 11.5 Å². The molecule has 0 fully saturated rings. The fourth-order valence-corrected chi connectivity index (χ4v) is 6.90. The fourth-order valence-electron chi connectivity index (χ4n) is 3.13. The van der Waals surface area contributed by atoms with Crippen LogP contribution in [-0.4, -0.2) is 25.3 Å². The Morgan fingerprint density at radius 3 is 1.52 bits per heavy atom. The van der Waals surface area contributed by atoms with Crippen molar-refractivity contribution in [2.24, 2.45) is 0 Å². The van der Waals surface area contributed by atoms with E-state index in [1.807, 2.05) is 0 Å². The minimum absolute atomic E-state index is 0.0534. The van der Waals surface area contributed by atoms with Crippen LogP contribution in [0, 0.1) is 0 Å². The Morgan fingerprint density at radius 1 is 0.636 bits per heavy atom. The van der Waals surface area contributed by atoms with Crippen molar-refractivity contribution in [1.82, 2.24) is 0 Å². The van der Waals surface area contributed by atoms with Crippen molar-refractivity contribution in [2.75, 3.05) is 14.2 Å². The molecule has 1 atom stereocenters. The van der Waals surface area contributed by atoms with Crippen LogP contribution in [0.2, 0.25) is 25.1 Å². The van der Waals surface area contributed by atoms with Crippen LogP contribution in [0.5, 0.6) is 11.5 Å². The largest absolute Gasteiger partial charge is 0.496 e. The van der Waals surface area contributed by atoms with E-state index < -0.39 is 23.8 Å².